The Morgan fingerprint density at radius 2 is 1.71 bits per heavy atom. The molecule has 1 aliphatic rings. The Kier molecular flexibility index (Phi) is 1.78. The fourth-order valence-electron chi connectivity index (χ4n) is 1.21. The minimum Gasteiger partial charge on any atom is -0.864 e. The molecule has 0 bridgehead atoms. The molecule has 2 amide bonds. The number of amides is 2. The molecule has 0 unspecified atom stereocenters. The molecule has 0 fully saturated rings. The molecule has 0 aliphatic carbocycles. The van der Waals surface area contributed by atoms with Gasteiger partial charge in [-0.2, -0.15) is 4.57 Å². The second-order valence-electron chi connectivity index (χ2n) is 2.74. The highest BCUT2D eigenvalue weighted by Gasteiger charge is 2.31. The summed E-state index contributed by atoms with van der Waals surface area (Å²) in [4.78, 5) is 22.0. The summed E-state index contributed by atoms with van der Waals surface area (Å²) in [6.07, 6.45) is 3.07. The molecule has 1 N–H and O–H groups in total. The first-order valence-corrected chi connectivity index (χ1v) is 3.94. The number of imide groups is 1. The zero-order chi connectivity index (χ0) is 10.1. The smallest absolute Gasteiger partial charge is 0.322 e. The van der Waals surface area contributed by atoms with Crippen molar-refractivity contribution in [1.29, 1.82) is 0 Å². The molecule has 1 aromatic rings. The minimum absolute atomic E-state index is 0.157. The van der Waals surface area contributed by atoms with Crippen LogP contribution >= 0.6 is 0 Å². The van der Waals surface area contributed by atoms with E-state index in [9.17, 15) is 14.7 Å². The lowest BCUT2D eigenvalue weighted by Gasteiger charge is -1.99. The number of pyridine rings is 1. The van der Waals surface area contributed by atoms with Gasteiger partial charge in [0.15, 0.2) is 12.4 Å². The molecule has 1 aromatic heterocycles. The van der Waals surface area contributed by atoms with Gasteiger partial charge >= 0.3 is 5.91 Å². The van der Waals surface area contributed by atoms with Gasteiger partial charge in [-0.1, -0.05) is 6.07 Å². The number of aromatic nitrogens is 1. The quantitative estimate of drug-likeness (QED) is 0.417. The molecule has 70 valence electrons. The van der Waals surface area contributed by atoms with E-state index < -0.39 is 17.6 Å². The molecule has 0 atom stereocenters. The predicted octanol–water partition coefficient (Wildman–Crippen LogP) is -1.84. The van der Waals surface area contributed by atoms with Gasteiger partial charge in [-0.25, -0.2) is 0 Å². The van der Waals surface area contributed by atoms with Crippen molar-refractivity contribution in [2.24, 2.45) is 0 Å². The first-order valence-electron chi connectivity index (χ1n) is 3.94. The molecule has 0 saturated heterocycles. The van der Waals surface area contributed by atoms with Gasteiger partial charge in [0.1, 0.15) is 0 Å². The fourth-order valence-corrected chi connectivity index (χ4v) is 1.21. The summed E-state index contributed by atoms with van der Waals surface area (Å²) in [5.74, 6) is -2.33. The van der Waals surface area contributed by atoms with Crippen molar-refractivity contribution in [3.63, 3.8) is 0 Å². The lowest BCUT2D eigenvalue weighted by molar-refractivity contribution is -0.581. The van der Waals surface area contributed by atoms with E-state index in [0.29, 0.717) is 0 Å². The summed E-state index contributed by atoms with van der Waals surface area (Å²) in [5, 5.41) is 13.2. The second kappa shape index (κ2) is 2.95. The van der Waals surface area contributed by atoms with Crippen LogP contribution in [0.4, 0.5) is 0 Å². The van der Waals surface area contributed by atoms with Crippen LogP contribution in [0, 0.1) is 0 Å². The number of rotatable bonds is 1. The molecule has 0 radical (unpaired) electrons. The fraction of sp³-hybridized carbons (Fsp3) is 0. The van der Waals surface area contributed by atoms with Crippen LogP contribution in [0.15, 0.2) is 36.4 Å². The molecule has 0 spiro atoms. The third-order valence-corrected chi connectivity index (χ3v) is 1.84. The minimum atomic E-state index is -0.874. The highest BCUT2D eigenvalue weighted by Crippen LogP contribution is 2.05. The number of hydrogen-bond acceptors (Lipinski definition) is 3. The van der Waals surface area contributed by atoms with Gasteiger partial charge in [0.2, 0.25) is 5.91 Å². The maximum absolute atomic E-state index is 11.2. The summed E-state index contributed by atoms with van der Waals surface area (Å²) in [5.41, 5.74) is -0.157. The summed E-state index contributed by atoms with van der Waals surface area (Å²) in [6, 6.07) is 5.07. The van der Waals surface area contributed by atoms with Crippen molar-refractivity contribution < 1.29 is 19.3 Å². The Bertz CT molecular complexity index is 437. The summed E-state index contributed by atoms with van der Waals surface area (Å²) in [7, 11) is 0. The van der Waals surface area contributed by atoms with E-state index in [-0.39, 0.29) is 5.70 Å². The topological polar surface area (TPSA) is 73.1 Å². The molecule has 5 nitrogen and oxygen atoms in total. The number of hydrogen-bond donors (Lipinski definition) is 1. The van der Waals surface area contributed by atoms with Gasteiger partial charge in [-0.05, 0) is 0 Å². The first-order chi connectivity index (χ1) is 6.70. The SMILES string of the molecule is O=C1NC(=O)C([n+]2ccccc2)=C1[O-]. The maximum Gasteiger partial charge on any atom is 0.322 e. The van der Waals surface area contributed by atoms with Crippen molar-refractivity contribution >= 4 is 17.5 Å². The largest absolute Gasteiger partial charge is 0.864 e. The highest BCUT2D eigenvalue weighted by molar-refractivity contribution is 6.28. The molecule has 0 aromatic carbocycles. The Hall–Kier alpha value is -2.17. The van der Waals surface area contributed by atoms with Gasteiger partial charge in [-0.3, -0.25) is 14.9 Å². The van der Waals surface area contributed by atoms with Crippen molar-refractivity contribution in [2.45, 2.75) is 0 Å². The molecular weight excluding hydrogens is 184 g/mol. The van der Waals surface area contributed by atoms with E-state index in [0.717, 1.165) is 0 Å². The zero-order valence-corrected chi connectivity index (χ0v) is 7.06. The van der Waals surface area contributed by atoms with Crippen molar-refractivity contribution in [1.82, 2.24) is 5.32 Å². The molecule has 2 heterocycles. The van der Waals surface area contributed by atoms with Crippen molar-refractivity contribution in [3.8, 4) is 0 Å². The van der Waals surface area contributed by atoms with Crippen molar-refractivity contribution in [2.75, 3.05) is 0 Å². The van der Waals surface area contributed by atoms with Crippen LogP contribution in [-0.4, -0.2) is 11.8 Å². The molecule has 2 rings (SSSR count). The third kappa shape index (κ3) is 1.15. The van der Waals surface area contributed by atoms with Gasteiger partial charge in [0.05, 0.1) is 0 Å². The summed E-state index contributed by atoms with van der Waals surface area (Å²) >= 11 is 0. The van der Waals surface area contributed by atoms with E-state index in [1.54, 1.807) is 18.2 Å². The van der Waals surface area contributed by atoms with E-state index in [1.807, 2.05) is 5.32 Å². The monoisotopic (exact) mass is 190 g/mol. The zero-order valence-electron chi connectivity index (χ0n) is 7.06. The molecular formula is C9H6N2O3. The van der Waals surface area contributed by atoms with Crippen LogP contribution in [0.3, 0.4) is 0 Å². The van der Waals surface area contributed by atoms with Crippen LogP contribution in [0.1, 0.15) is 0 Å². The van der Waals surface area contributed by atoms with Gasteiger partial charge < -0.3 is 5.11 Å². The standard InChI is InChI=1S/C9H6N2O3/c12-7-6(8(13)10-9(7)14)11-4-2-1-3-5-11/h1-5H,(H-,10,12,13,14). The average Bonchev–Trinajstić information content (AvgIpc) is 2.43. The Morgan fingerprint density at radius 1 is 1.07 bits per heavy atom. The van der Waals surface area contributed by atoms with Crippen LogP contribution in [0.5, 0.6) is 0 Å². The number of carbonyl (C=O) groups excluding carboxylic acids is 2. The third-order valence-electron chi connectivity index (χ3n) is 1.84. The Labute approximate surface area is 79.3 Å². The predicted molar refractivity (Wildman–Crippen MR) is 43.0 cm³/mol. The normalized spacial score (nSPS) is 16.0. The van der Waals surface area contributed by atoms with E-state index in [2.05, 4.69) is 0 Å². The molecule has 14 heavy (non-hydrogen) atoms. The number of carbonyl (C=O) groups is 2. The van der Waals surface area contributed by atoms with Gasteiger partial charge in [-0.15, -0.1) is 0 Å². The van der Waals surface area contributed by atoms with Crippen LogP contribution < -0.4 is 15.0 Å². The second-order valence-corrected chi connectivity index (χ2v) is 2.74. The van der Waals surface area contributed by atoms with Crippen LogP contribution in [0.2, 0.25) is 0 Å². The van der Waals surface area contributed by atoms with Crippen LogP contribution in [-0.2, 0) is 9.59 Å². The first kappa shape index (κ1) is 8.43. The van der Waals surface area contributed by atoms with E-state index in [4.69, 9.17) is 0 Å². The average molecular weight is 190 g/mol. The number of nitrogens with zero attached hydrogens (tertiary/aromatic N) is 1. The Morgan fingerprint density at radius 3 is 2.21 bits per heavy atom. The van der Waals surface area contributed by atoms with Gasteiger partial charge in [0.25, 0.3) is 5.70 Å². The summed E-state index contributed by atoms with van der Waals surface area (Å²) < 4.78 is 1.32. The number of nitrogens with one attached hydrogen (secondary N) is 1. The maximum atomic E-state index is 11.2. The Balaban J connectivity index is 2.54. The van der Waals surface area contributed by atoms with Gasteiger partial charge in [0, 0.05) is 17.9 Å². The van der Waals surface area contributed by atoms with Crippen molar-refractivity contribution in [3.05, 3.63) is 36.4 Å². The summed E-state index contributed by atoms with van der Waals surface area (Å²) in [6.45, 7) is 0. The molecule has 0 saturated carbocycles. The molecule has 5 heteroatoms. The highest BCUT2D eigenvalue weighted by atomic mass is 16.3. The lowest BCUT2D eigenvalue weighted by Crippen LogP contribution is -2.37. The molecule has 1 aliphatic heterocycles. The lowest BCUT2D eigenvalue weighted by atomic mass is 10.3. The van der Waals surface area contributed by atoms with Crippen LogP contribution in [0.25, 0.3) is 5.70 Å². The van der Waals surface area contributed by atoms with E-state index >= 15 is 0 Å². The van der Waals surface area contributed by atoms with E-state index in [1.165, 1.54) is 17.0 Å².